The number of aliphatic hydroxyl groups is 1. The van der Waals surface area contributed by atoms with E-state index in [0.717, 1.165) is 48.6 Å². The minimum absolute atomic E-state index is 0.274. The number of methoxy groups -OCH3 is 1. The highest BCUT2D eigenvalue weighted by atomic mass is 35.5. The second-order valence-electron chi connectivity index (χ2n) is 5.68. The van der Waals surface area contributed by atoms with Crippen molar-refractivity contribution in [3.05, 3.63) is 24.5 Å². The summed E-state index contributed by atoms with van der Waals surface area (Å²) in [6.07, 6.45) is 1.14. The van der Waals surface area contributed by atoms with Gasteiger partial charge >= 0.3 is 0 Å². The molecule has 1 aromatic carbocycles. The number of alkyl halides is 1. The van der Waals surface area contributed by atoms with Crippen LogP contribution in [0.3, 0.4) is 0 Å². The molecule has 1 aliphatic heterocycles. The van der Waals surface area contributed by atoms with Gasteiger partial charge in [0.25, 0.3) is 0 Å². The molecule has 0 spiro atoms. The van der Waals surface area contributed by atoms with Crippen molar-refractivity contribution < 1.29 is 9.84 Å². The maximum atomic E-state index is 9.67. The van der Waals surface area contributed by atoms with Crippen LogP contribution in [0.25, 0.3) is 10.9 Å². The highest BCUT2D eigenvalue weighted by molar-refractivity contribution is 6.18. The molecule has 6 nitrogen and oxygen atoms in total. The topological polar surface area (TPSA) is 61.7 Å². The molecule has 23 heavy (non-hydrogen) atoms. The number of hydrogen-bond donors (Lipinski definition) is 1. The van der Waals surface area contributed by atoms with Crippen molar-refractivity contribution in [1.29, 1.82) is 0 Å². The predicted octanol–water partition coefficient (Wildman–Crippen LogP) is 1.36. The van der Waals surface area contributed by atoms with Crippen molar-refractivity contribution in [3.8, 4) is 5.75 Å². The Morgan fingerprint density at radius 2 is 2.04 bits per heavy atom. The number of halogens is 1. The maximum absolute atomic E-state index is 9.67. The van der Waals surface area contributed by atoms with Gasteiger partial charge in [0.1, 0.15) is 17.9 Å². The van der Waals surface area contributed by atoms with Gasteiger partial charge in [0.05, 0.1) is 18.7 Å². The molecule has 0 radical (unpaired) electrons. The van der Waals surface area contributed by atoms with Gasteiger partial charge in [0.2, 0.25) is 0 Å². The first-order valence-electron chi connectivity index (χ1n) is 7.71. The van der Waals surface area contributed by atoms with Crippen molar-refractivity contribution in [2.45, 2.75) is 6.10 Å². The Bertz CT molecular complexity index is 662. The summed E-state index contributed by atoms with van der Waals surface area (Å²) < 4.78 is 5.32. The third-order valence-electron chi connectivity index (χ3n) is 4.14. The lowest BCUT2D eigenvalue weighted by Crippen LogP contribution is -2.49. The van der Waals surface area contributed by atoms with Crippen molar-refractivity contribution in [2.75, 3.05) is 50.6 Å². The van der Waals surface area contributed by atoms with E-state index in [0.29, 0.717) is 6.54 Å². The lowest BCUT2D eigenvalue weighted by Gasteiger charge is -2.36. The monoisotopic (exact) mass is 336 g/mol. The summed E-state index contributed by atoms with van der Waals surface area (Å²) in [5.41, 5.74) is 0.913. The van der Waals surface area contributed by atoms with Crippen LogP contribution in [0.4, 0.5) is 5.82 Å². The third-order valence-corrected chi connectivity index (χ3v) is 4.50. The van der Waals surface area contributed by atoms with Crippen molar-refractivity contribution in [1.82, 2.24) is 14.9 Å². The molecule has 3 rings (SSSR count). The average molecular weight is 337 g/mol. The second kappa shape index (κ2) is 7.29. The molecule has 1 fully saturated rings. The fourth-order valence-corrected chi connectivity index (χ4v) is 2.99. The van der Waals surface area contributed by atoms with Crippen LogP contribution in [0.1, 0.15) is 0 Å². The normalized spacial score (nSPS) is 17.4. The van der Waals surface area contributed by atoms with Gasteiger partial charge in [-0.05, 0) is 18.2 Å². The number of nitrogens with zero attached hydrogens (tertiary/aromatic N) is 4. The molecule has 7 heteroatoms. The molecule has 0 amide bonds. The number of β-amino-alcohol motifs (C(OH)–C–C–N with tert-alkyl or cyclic N) is 1. The second-order valence-corrected chi connectivity index (χ2v) is 5.98. The fourth-order valence-electron chi connectivity index (χ4n) is 2.89. The smallest absolute Gasteiger partial charge is 0.140 e. The fraction of sp³-hybridized carbons (Fsp3) is 0.500. The number of anilines is 1. The minimum atomic E-state index is -0.465. The van der Waals surface area contributed by atoms with Crippen LogP contribution in [0.5, 0.6) is 5.75 Å². The standard InChI is InChI=1S/C16H21ClN4O2/c1-23-13-2-3-15-14(8-13)16(19-11-18-15)21-6-4-20(5-7-21)10-12(22)9-17/h2-3,8,11-12,22H,4-7,9-10H2,1H3. The Labute approximate surface area is 140 Å². The zero-order chi connectivity index (χ0) is 16.2. The first kappa shape index (κ1) is 16.2. The van der Waals surface area contributed by atoms with Crippen molar-refractivity contribution >= 4 is 28.3 Å². The molecular formula is C16H21ClN4O2. The number of rotatable bonds is 5. The summed E-state index contributed by atoms with van der Waals surface area (Å²) in [5.74, 6) is 2.01. The lowest BCUT2D eigenvalue weighted by molar-refractivity contribution is 0.125. The molecule has 124 valence electrons. The largest absolute Gasteiger partial charge is 0.497 e. The van der Waals surface area contributed by atoms with Crippen LogP contribution in [0.15, 0.2) is 24.5 Å². The predicted molar refractivity (Wildman–Crippen MR) is 91.5 cm³/mol. The Morgan fingerprint density at radius 1 is 1.26 bits per heavy atom. The third kappa shape index (κ3) is 3.65. The molecule has 0 aliphatic carbocycles. The van der Waals surface area contributed by atoms with Crippen molar-refractivity contribution in [2.24, 2.45) is 0 Å². The molecular weight excluding hydrogens is 316 g/mol. The molecule has 1 aromatic heterocycles. The van der Waals surface area contributed by atoms with Gasteiger partial charge in [-0.25, -0.2) is 9.97 Å². The Balaban J connectivity index is 1.77. The van der Waals surface area contributed by atoms with Crippen LogP contribution in [0, 0.1) is 0 Å². The van der Waals surface area contributed by atoms with Gasteiger partial charge in [-0.1, -0.05) is 0 Å². The van der Waals surface area contributed by atoms with Crippen LogP contribution in [0.2, 0.25) is 0 Å². The Morgan fingerprint density at radius 3 is 2.74 bits per heavy atom. The molecule has 0 bridgehead atoms. The average Bonchev–Trinajstić information content (AvgIpc) is 2.61. The number of fused-ring (bicyclic) bond motifs is 1. The van der Waals surface area contributed by atoms with E-state index in [1.807, 2.05) is 18.2 Å². The SMILES string of the molecule is COc1ccc2ncnc(N3CCN(CC(O)CCl)CC3)c2c1. The van der Waals surface area contributed by atoms with Gasteiger partial charge in [0, 0.05) is 44.0 Å². The molecule has 1 N–H and O–H groups in total. The molecule has 1 unspecified atom stereocenters. The van der Waals surface area contributed by atoms with Gasteiger partial charge in [-0.3, -0.25) is 4.90 Å². The van der Waals surface area contributed by atoms with Gasteiger partial charge in [-0.15, -0.1) is 11.6 Å². The lowest BCUT2D eigenvalue weighted by atomic mass is 10.2. The Hall–Kier alpha value is -1.63. The number of hydrogen-bond acceptors (Lipinski definition) is 6. The number of aliphatic hydroxyl groups excluding tert-OH is 1. The highest BCUT2D eigenvalue weighted by Crippen LogP contribution is 2.27. The van der Waals surface area contributed by atoms with Gasteiger partial charge in [-0.2, -0.15) is 0 Å². The van der Waals surface area contributed by atoms with E-state index in [1.54, 1.807) is 13.4 Å². The summed E-state index contributed by atoms with van der Waals surface area (Å²) in [6, 6.07) is 5.84. The van der Waals surface area contributed by atoms with Crippen molar-refractivity contribution in [3.63, 3.8) is 0 Å². The number of ether oxygens (including phenoxy) is 1. The van der Waals surface area contributed by atoms with E-state index in [9.17, 15) is 5.11 Å². The molecule has 1 saturated heterocycles. The highest BCUT2D eigenvalue weighted by Gasteiger charge is 2.21. The van der Waals surface area contributed by atoms with Crippen LogP contribution in [-0.4, -0.2) is 71.8 Å². The zero-order valence-electron chi connectivity index (χ0n) is 13.2. The Kier molecular flexibility index (Phi) is 5.15. The quantitative estimate of drug-likeness (QED) is 0.832. The summed E-state index contributed by atoms with van der Waals surface area (Å²) in [4.78, 5) is 13.3. The number of aromatic nitrogens is 2. The zero-order valence-corrected chi connectivity index (χ0v) is 13.9. The van der Waals surface area contributed by atoms with E-state index in [2.05, 4.69) is 19.8 Å². The van der Waals surface area contributed by atoms with Crippen LogP contribution in [-0.2, 0) is 0 Å². The van der Waals surface area contributed by atoms with E-state index in [-0.39, 0.29) is 5.88 Å². The number of benzene rings is 1. The summed E-state index contributed by atoms with van der Waals surface area (Å²) >= 11 is 5.67. The molecule has 2 heterocycles. The van der Waals surface area contributed by atoms with E-state index in [1.165, 1.54) is 0 Å². The first-order chi connectivity index (χ1) is 11.2. The minimum Gasteiger partial charge on any atom is -0.497 e. The summed E-state index contributed by atoms with van der Waals surface area (Å²) in [7, 11) is 1.66. The van der Waals surface area contributed by atoms with Gasteiger partial charge < -0.3 is 14.7 Å². The van der Waals surface area contributed by atoms with Gasteiger partial charge in [0.15, 0.2) is 0 Å². The van der Waals surface area contributed by atoms with E-state index in [4.69, 9.17) is 16.3 Å². The molecule has 1 atom stereocenters. The van der Waals surface area contributed by atoms with Crippen LogP contribution < -0.4 is 9.64 Å². The number of piperazine rings is 1. The van der Waals surface area contributed by atoms with E-state index < -0.39 is 6.10 Å². The maximum Gasteiger partial charge on any atom is 0.140 e. The summed E-state index contributed by atoms with van der Waals surface area (Å²) in [5, 5.41) is 10.7. The summed E-state index contributed by atoms with van der Waals surface area (Å²) in [6.45, 7) is 4.10. The molecule has 2 aromatic rings. The molecule has 0 saturated carbocycles. The first-order valence-corrected chi connectivity index (χ1v) is 8.25. The molecule has 1 aliphatic rings. The van der Waals surface area contributed by atoms with Crippen LogP contribution >= 0.6 is 11.6 Å². The van der Waals surface area contributed by atoms with E-state index >= 15 is 0 Å².